The lowest BCUT2D eigenvalue weighted by Crippen LogP contribution is -2.36. The molecule has 0 saturated heterocycles. The summed E-state index contributed by atoms with van der Waals surface area (Å²) < 4.78 is 0. The van der Waals surface area contributed by atoms with Crippen molar-refractivity contribution in [1.82, 2.24) is 10.6 Å². The summed E-state index contributed by atoms with van der Waals surface area (Å²) in [6, 6.07) is 0.192. The summed E-state index contributed by atoms with van der Waals surface area (Å²) in [6.07, 6.45) is 19.2. The molecule has 0 aromatic heterocycles. The first-order valence-electron chi connectivity index (χ1n) is 9.20. The fourth-order valence-electron chi connectivity index (χ4n) is 3.20. The number of nitrogens with zero attached hydrogens (tertiary/aromatic N) is 1. The summed E-state index contributed by atoms with van der Waals surface area (Å²) in [7, 11) is 1.91. The Bertz CT molecular complexity index is 659. The molecule has 0 aromatic rings. The normalized spacial score (nSPS) is 22.5. The van der Waals surface area contributed by atoms with E-state index in [9.17, 15) is 0 Å². The Kier molecular flexibility index (Phi) is 7.05. The van der Waals surface area contributed by atoms with Gasteiger partial charge in [0.25, 0.3) is 0 Å². The van der Waals surface area contributed by atoms with E-state index in [0.717, 1.165) is 24.5 Å². The first-order chi connectivity index (χ1) is 12.1. The maximum absolute atomic E-state index is 5.02. The van der Waals surface area contributed by atoms with E-state index in [1.54, 1.807) is 6.08 Å². The van der Waals surface area contributed by atoms with Gasteiger partial charge in [-0.15, -0.1) is 0 Å². The van der Waals surface area contributed by atoms with Crippen LogP contribution in [0.4, 0.5) is 0 Å². The molecule has 0 aliphatic heterocycles. The molecule has 0 fully saturated rings. The van der Waals surface area contributed by atoms with Gasteiger partial charge in [0, 0.05) is 18.9 Å². The number of aliphatic imine (C=N–C) groups is 1. The van der Waals surface area contributed by atoms with Crippen molar-refractivity contribution in [3.8, 4) is 0 Å². The smallest absolute Gasteiger partial charge is 0.106 e. The van der Waals surface area contributed by atoms with E-state index in [4.69, 9.17) is 4.99 Å². The van der Waals surface area contributed by atoms with Crippen LogP contribution in [0.15, 0.2) is 77.1 Å². The van der Waals surface area contributed by atoms with Crippen LogP contribution in [-0.2, 0) is 0 Å². The maximum Gasteiger partial charge on any atom is 0.106 e. The van der Waals surface area contributed by atoms with Crippen LogP contribution in [0.3, 0.4) is 0 Å². The maximum atomic E-state index is 5.02. The van der Waals surface area contributed by atoms with Gasteiger partial charge >= 0.3 is 0 Å². The van der Waals surface area contributed by atoms with Gasteiger partial charge in [-0.05, 0) is 37.0 Å². The molecule has 0 radical (unpaired) electrons. The molecule has 2 rings (SSSR count). The summed E-state index contributed by atoms with van der Waals surface area (Å²) in [6.45, 7) is 10.3. The molecule has 3 atom stereocenters. The Balaban J connectivity index is 2.28. The number of rotatable bonds is 8. The van der Waals surface area contributed by atoms with E-state index in [-0.39, 0.29) is 12.0 Å². The molecule has 0 heterocycles. The zero-order chi connectivity index (χ0) is 18.2. The Morgan fingerprint density at radius 3 is 2.84 bits per heavy atom. The highest BCUT2D eigenvalue weighted by atomic mass is 15.1. The minimum Gasteiger partial charge on any atom is -0.375 e. The van der Waals surface area contributed by atoms with Crippen LogP contribution >= 0.6 is 0 Å². The highest BCUT2D eigenvalue weighted by Gasteiger charge is 2.26. The third-order valence-electron chi connectivity index (χ3n) is 4.73. The summed E-state index contributed by atoms with van der Waals surface area (Å²) >= 11 is 0. The van der Waals surface area contributed by atoms with E-state index in [2.05, 4.69) is 67.5 Å². The Hall–Kier alpha value is -2.29. The number of allylic oxidation sites excluding steroid dienone is 9. The fourth-order valence-corrected chi connectivity index (χ4v) is 3.20. The van der Waals surface area contributed by atoms with Gasteiger partial charge in [0.2, 0.25) is 0 Å². The highest BCUT2D eigenvalue weighted by molar-refractivity contribution is 5.87. The lowest BCUT2D eigenvalue weighted by atomic mass is 9.93. The van der Waals surface area contributed by atoms with E-state index in [1.807, 2.05) is 20.0 Å². The number of hydrogen-bond donors (Lipinski definition) is 2. The summed E-state index contributed by atoms with van der Waals surface area (Å²) in [5.41, 5.74) is 2.83. The van der Waals surface area contributed by atoms with Crippen molar-refractivity contribution in [3.63, 3.8) is 0 Å². The summed E-state index contributed by atoms with van der Waals surface area (Å²) in [4.78, 5) is 5.02. The topological polar surface area (TPSA) is 36.4 Å². The van der Waals surface area contributed by atoms with E-state index < -0.39 is 0 Å². The van der Waals surface area contributed by atoms with Crippen LogP contribution < -0.4 is 10.6 Å². The monoisotopic (exact) mass is 337 g/mol. The molecule has 0 spiro atoms. The average molecular weight is 338 g/mol. The number of amidine groups is 1. The zero-order valence-electron chi connectivity index (χ0n) is 15.9. The molecule has 3 heteroatoms. The molecular formula is C22H31N3. The minimum atomic E-state index is 0.192. The first kappa shape index (κ1) is 19.0. The van der Waals surface area contributed by atoms with E-state index in [1.165, 1.54) is 11.1 Å². The SMILES string of the molecule is C=C/C=C(\NC)NC(=NC(/C=C\C)CC)C(C)C1C=C2C=CCC2=C1. The Morgan fingerprint density at radius 2 is 2.24 bits per heavy atom. The van der Waals surface area contributed by atoms with Gasteiger partial charge in [-0.3, -0.25) is 4.99 Å². The lowest BCUT2D eigenvalue weighted by molar-refractivity contribution is 0.620. The largest absolute Gasteiger partial charge is 0.375 e. The quantitative estimate of drug-likeness (QED) is 0.293. The Morgan fingerprint density at radius 1 is 1.44 bits per heavy atom. The van der Waals surface area contributed by atoms with Crippen LogP contribution in [0.25, 0.3) is 0 Å². The molecule has 3 nitrogen and oxygen atoms in total. The molecular weight excluding hydrogens is 306 g/mol. The molecule has 3 unspecified atom stereocenters. The zero-order valence-corrected chi connectivity index (χ0v) is 15.9. The molecule has 0 aromatic carbocycles. The van der Waals surface area contributed by atoms with Gasteiger partial charge in [0.15, 0.2) is 0 Å². The predicted octanol–water partition coefficient (Wildman–Crippen LogP) is 4.65. The van der Waals surface area contributed by atoms with Crippen LogP contribution in [0, 0.1) is 11.8 Å². The average Bonchev–Trinajstić information content (AvgIpc) is 3.21. The van der Waals surface area contributed by atoms with Crippen LogP contribution in [0.5, 0.6) is 0 Å². The minimum absolute atomic E-state index is 0.192. The lowest BCUT2D eigenvalue weighted by Gasteiger charge is -2.23. The van der Waals surface area contributed by atoms with Crippen molar-refractivity contribution >= 4 is 5.84 Å². The predicted molar refractivity (Wildman–Crippen MR) is 109 cm³/mol. The van der Waals surface area contributed by atoms with Crippen molar-refractivity contribution < 1.29 is 0 Å². The molecule has 2 aliphatic carbocycles. The highest BCUT2D eigenvalue weighted by Crippen LogP contribution is 2.35. The van der Waals surface area contributed by atoms with Gasteiger partial charge in [-0.25, -0.2) is 0 Å². The molecule has 0 amide bonds. The van der Waals surface area contributed by atoms with Crippen molar-refractivity contribution in [2.45, 2.75) is 39.7 Å². The summed E-state index contributed by atoms with van der Waals surface area (Å²) in [5, 5.41) is 6.67. The number of hydrogen-bond acceptors (Lipinski definition) is 2. The van der Waals surface area contributed by atoms with E-state index >= 15 is 0 Å². The second-order valence-corrected chi connectivity index (χ2v) is 6.49. The third-order valence-corrected chi connectivity index (χ3v) is 4.73. The fraction of sp³-hybridized carbons (Fsp3) is 0.409. The molecule has 2 aliphatic rings. The van der Waals surface area contributed by atoms with Gasteiger partial charge in [-0.2, -0.15) is 0 Å². The molecule has 2 N–H and O–H groups in total. The molecule has 0 bridgehead atoms. The molecule has 134 valence electrons. The first-order valence-corrected chi connectivity index (χ1v) is 9.20. The number of nitrogens with one attached hydrogen (secondary N) is 2. The third kappa shape index (κ3) is 4.85. The number of fused-ring (bicyclic) bond motifs is 1. The second-order valence-electron chi connectivity index (χ2n) is 6.49. The summed E-state index contributed by atoms with van der Waals surface area (Å²) in [5.74, 6) is 2.58. The van der Waals surface area contributed by atoms with Crippen molar-refractivity contribution in [1.29, 1.82) is 0 Å². The standard InChI is InChI=1S/C22H31N3/c1-6-10-20(8-3)24-22(25-21(23-5)11-7-2)16(4)19-14-17-12-9-13-18(17)15-19/h6-7,9-12,14-16,19-20,23H,2,8,13H2,1,3-5H3,(H,24,25)/b10-6-,21-11+. The van der Waals surface area contributed by atoms with Crippen LogP contribution in [-0.4, -0.2) is 18.9 Å². The van der Waals surface area contributed by atoms with Crippen molar-refractivity contribution in [2.75, 3.05) is 7.05 Å². The molecule has 25 heavy (non-hydrogen) atoms. The Labute approximate surface area is 152 Å². The van der Waals surface area contributed by atoms with Gasteiger partial charge in [-0.1, -0.05) is 63.0 Å². The van der Waals surface area contributed by atoms with Crippen LogP contribution in [0.2, 0.25) is 0 Å². The van der Waals surface area contributed by atoms with Crippen molar-refractivity contribution in [2.24, 2.45) is 16.8 Å². The van der Waals surface area contributed by atoms with Gasteiger partial charge in [0.1, 0.15) is 11.7 Å². The van der Waals surface area contributed by atoms with Gasteiger partial charge < -0.3 is 10.6 Å². The molecule has 0 saturated carbocycles. The van der Waals surface area contributed by atoms with Crippen LogP contribution in [0.1, 0.15) is 33.6 Å². The van der Waals surface area contributed by atoms with E-state index in [0.29, 0.717) is 5.92 Å². The van der Waals surface area contributed by atoms with Gasteiger partial charge in [0.05, 0.1) is 6.04 Å². The van der Waals surface area contributed by atoms with Crippen molar-refractivity contribution in [3.05, 3.63) is 72.2 Å². The second kappa shape index (κ2) is 9.26.